The van der Waals surface area contributed by atoms with Crippen LogP contribution in [0.5, 0.6) is 0 Å². The Morgan fingerprint density at radius 1 is 1.04 bits per heavy atom. The molecule has 3 aromatic carbocycles. The van der Waals surface area contributed by atoms with Crippen molar-refractivity contribution >= 4 is 61.4 Å². The van der Waals surface area contributed by atoms with Crippen molar-refractivity contribution < 1.29 is 18.7 Å². The Kier molecular flexibility index (Phi) is 4.98. The minimum Gasteiger partial charge on any atom is -0.451 e. The molecule has 1 aromatic heterocycles. The minimum atomic E-state index is -0.723. The summed E-state index contributed by atoms with van der Waals surface area (Å²) in [7, 11) is 0. The Morgan fingerprint density at radius 2 is 1.82 bits per heavy atom. The number of carbonyl (C=O) groups excluding carboxylic acids is 2. The predicted molar refractivity (Wildman–Crippen MR) is 110 cm³/mol. The molecular weight excluding hydrogens is 401 g/mol. The smallest absolute Gasteiger partial charge is 0.350 e. The van der Waals surface area contributed by atoms with Gasteiger partial charge in [0.05, 0.1) is 5.02 Å². The van der Waals surface area contributed by atoms with E-state index in [1.165, 1.54) is 18.2 Å². The molecule has 4 aromatic rings. The standard InChI is InChI=1S/C21H13ClFNO3S/c22-19-15-9-8-13(23)10-17(15)28-20(19)21(26)27-11-18(25)24-16-7-3-5-12-4-1-2-6-14(12)16/h1-10H,11H2,(H,24,25). The van der Waals surface area contributed by atoms with Gasteiger partial charge in [0.15, 0.2) is 6.61 Å². The van der Waals surface area contributed by atoms with Crippen molar-refractivity contribution in [1.82, 2.24) is 0 Å². The summed E-state index contributed by atoms with van der Waals surface area (Å²) in [6, 6.07) is 17.3. The molecule has 4 rings (SSSR count). The molecule has 0 spiro atoms. The van der Waals surface area contributed by atoms with Crippen molar-refractivity contribution in [3.8, 4) is 0 Å². The predicted octanol–water partition coefficient (Wildman–Crippen LogP) is 5.64. The van der Waals surface area contributed by atoms with Gasteiger partial charge in [0.2, 0.25) is 0 Å². The zero-order valence-corrected chi connectivity index (χ0v) is 15.9. The van der Waals surface area contributed by atoms with E-state index in [0.29, 0.717) is 15.8 Å². The van der Waals surface area contributed by atoms with Crippen LogP contribution in [0.2, 0.25) is 5.02 Å². The Morgan fingerprint density at radius 3 is 2.68 bits per heavy atom. The molecule has 0 unspecified atom stereocenters. The lowest BCUT2D eigenvalue weighted by Crippen LogP contribution is -2.20. The average Bonchev–Trinajstić information content (AvgIpc) is 3.02. The highest BCUT2D eigenvalue weighted by Crippen LogP contribution is 2.36. The highest BCUT2D eigenvalue weighted by atomic mass is 35.5. The lowest BCUT2D eigenvalue weighted by atomic mass is 10.1. The van der Waals surface area contributed by atoms with Crippen molar-refractivity contribution in [2.24, 2.45) is 0 Å². The largest absolute Gasteiger partial charge is 0.451 e. The number of esters is 1. The molecule has 0 atom stereocenters. The van der Waals surface area contributed by atoms with Crippen molar-refractivity contribution in [2.45, 2.75) is 0 Å². The molecule has 1 N–H and O–H groups in total. The highest BCUT2D eigenvalue weighted by molar-refractivity contribution is 7.21. The van der Waals surface area contributed by atoms with Crippen molar-refractivity contribution in [2.75, 3.05) is 11.9 Å². The molecule has 0 saturated heterocycles. The lowest BCUT2D eigenvalue weighted by molar-refractivity contribution is -0.119. The Labute approximate surface area is 168 Å². The summed E-state index contributed by atoms with van der Waals surface area (Å²) in [4.78, 5) is 24.7. The molecule has 0 aliphatic rings. The third-order valence-electron chi connectivity index (χ3n) is 4.17. The first-order chi connectivity index (χ1) is 13.5. The van der Waals surface area contributed by atoms with Crippen molar-refractivity contribution in [3.63, 3.8) is 0 Å². The van der Waals surface area contributed by atoms with Crippen LogP contribution in [0, 0.1) is 5.82 Å². The van der Waals surface area contributed by atoms with Gasteiger partial charge in [-0.05, 0) is 29.7 Å². The first kappa shape index (κ1) is 18.4. The zero-order chi connectivity index (χ0) is 19.7. The van der Waals surface area contributed by atoms with Crippen LogP contribution in [0.4, 0.5) is 10.1 Å². The van der Waals surface area contributed by atoms with Crippen LogP contribution in [0.15, 0.2) is 60.7 Å². The Bertz CT molecular complexity index is 1220. The quantitative estimate of drug-likeness (QED) is 0.440. The minimum absolute atomic E-state index is 0.139. The summed E-state index contributed by atoms with van der Waals surface area (Å²) in [5.41, 5.74) is 0.634. The number of hydrogen-bond donors (Lipinski definition) is 1. The number of thiophene rings is 1. The number of halogens is 2. The molecule has 1 amide bonds. The van der Waals surface area contributed by atoms with Gasteiger partial charge in [-0.2, -0.15) is 0 Å². The molecule has 0 aliphatic heterocycles. The van der Waals surface area contributed by atoms with Crippen molar-refractivity contribution in [3.05, 3.63) is 76.4 Å². The van der Waals surface area contributed by atoms with Gasteiger partial charge in [-0.25, -0.2) is 9.18 Å². The molecule has 1 heterocycles. The molecule has 140 valence electrons. The van der Waals surface area contributed by atoms with Gasteiger partial charge in [0, 0.05) is 21.2 Å². The fourth-order valence-electron chi connectivity index (χ4n) is 2.89. The zero-order valence-electron chi connectivity index (χ0n) is 14.4. The number of benzene rings is 3. The van der Waals surface area contributed by atoms with Gasteiger partial charge in [-0.3, -0.25) is 4.79 Å². The highest BCUT2D eigenvalue weighted by Gasteiger charge is 2.20. The van der Waals surface area contributed by atoms with E-state index in [2.05, 4.69) is 5.32 Å². The summed E-state index contributed by atoms with van der Waals surface area (Å²) < 4.78 is 19.0. The second kappa shape index (κ2) is 7.58. The molecule has 0 saturated carbocycles. The number of amides is 1. The molecule has 0 radical (unpaired) electrons. The van der Waals surface area contributed by atoms with E-state index in [4.69, 9.17) is 16.3 Å². The Hall–Kier alpha value is -2.96. The number of fused-ring (bicyclic) bond motifs is 2. The van der Waals surface area contributed by atoms with Crippen LogP contribution in [-0.4, -0.2) is 18.5 Å². The number of carbonyl (C=O) groups is 2. The van der Waals surface area contributed by atoms with E-state index in [-0.39, 0.29) is 9.90 Å². The molecule has 0 fully saturated rings. The fourth-order valence-corrected chi connectivity index (χ4v) is 4.31. The van der Waals surface area contributed by atoms with Gasteiger partial charge in [0.1, 0.15) is 10.7 Å². The van der Waals surface area contributed by atoms with E-state index in [1.807, 2.05) is 36.4 Å². The second-order valence-corrected chi connectivity index (χ2v) is 7.47. The maximum absolute atomic E-state index is 13.3. The first-order valence-electron chi connectivity index (χ1n) is 8.35. The van der Waals surface area contributed by atoms with Gasteiger partial charge in [0.25, 0.3) is 5.91 Å². The summed E-state index contributed by atoms with van der Waals surface area (Å²) in [5, 5.41) is 5.38. The number of rotatable bonds is 4. The van der Waals surface area contributed by atoms with Crippen LogP contribution in [0.1, 0.15) is 9.67 Å². The monoisotopic (exact) mass is 413 g/mol. The number of ether oxygens (including phenoxy) is 1. The average molecular weight is 414 g/mol. The molecule has 7 heteroatoms. The molecular formula is C21H13ClFNO3S. The van der Waals surface area contributed by atoms with Crippen LogP contribution in [0.3, 0.4) is 0 Å². The summed E-state index contributed by atoms with van der Waals surface area (Å²) in [6.07, 6.45) is 0. The fraction of sp³-hybridized carbons (Fsp3) is 0.0476. The SMILES string of the molecule is O=C(COC(=O)c1sc2cc(F)ccc2c1Cl)Nc1cccc2ccccc12. The van der Waals surface area contributed by atoms with Gasteiger partial charge >= 0.3 is 5.97 Å². The van der Waals surface area contributed by atoms with E-state index in [9.17, 15) is 14.0 Å². The number of nitrogens with one attached hydrogen (secondary N) is 1. The molecule has 0 aliphatic carbocycles. The Balaban J connectivity index is 1.46. The summed E-state index contributed by atoms with van der Waals surface area (Å²) >= 11 is 7.23. The summed E-state index contributed by atoms with van der Waals surface area (Å²) in [6.45, 7) is -0.457. The van der Waals surface area contributed by atoms with Crippen LogP contribution in [-0.2, 0) is 9.53 Å². The lowest BCUT2D eigenvalue weighted by Gasteiger charge is -2.09. The maximum Gasteiger partial charge on any atom is 0.350 e. The van der Waals surface area contributed by atoms with E-state index in [1.54, 1.807) is 6.07 Å². The number of anilines is 1. The van der Waals surface area contributed by atoms with E-state index >= 15 is 0 Å². The maximum atomic E-state index is 13.3. The first-order valence-corrected chi connectivity index (χ1v) is 9.54. The molecule has 28 heavy (non-hydrogen) atoms. The topological polar surface area (TPSA) is 55.4 Å². The number of hydrogen-bond acceptors (Lipinski definition) is 4. The van der Waals surface area contributed by atoms with Gasteiger partial charge in [-0.1, -0.05) is 48.0 Å². The summed E-state index contributed by atoms with van der Waals surface area (Å²) in [5.74, 6) is -1.60. The van der Waals surface area contributed by atoms with Gasteiger partial charge in [-0.15, -0.1) is 11.3 Å². The third-order valence-corrected chi connectivity index (χ3v) is 5.81. The van der Waals surface area contributed by atoms with Crippen LogP contribution in [0.25, 0.3) is 20.9 Å². The van der Waals surface area contributed by atoms with Crippen LogP contribution >= 0.6 is 22.9 Å². The van der Waals surface area contributed by atoms with Crippen LogP contribution < -0.4 is 5.32 Å². The molecule has 4 nitrogen and oxygen atoms in total. The van der Waals surface area contributed by atoms with Crippen molar-refractivity contribution in [1.29, 1.82) is 0 Å². The van der Waals surface area contributed by atoms with Gasteiger partial charge < -0.3 is 10.1 Å². The second-order valence-electron chi connectivity index (χ2n) is 6.04. The normalized spacial score (nSPS) is 10.9. The van der Waals surface area contributed by atoms with E-state index in [0.717, 1.165) is 22.1 Å². The molecule has 0 bridgehead atoms. The third kappa shape index (κ3) is 3.56. The van der Waals surface area contributed by atoms with E-state index < -0.39 is 24.3 Å².